The molecule has 2 aliphatic rings. The molecule has 1 aliphatic carbocycles. The van der Waals surface area contributed by atoms with Crippen LogP contribution in [0.5, 0.6) is 5.75 Å². The summed E-state index contributed by atoms with van der Waals surface area (Å²) in [5.74, 6) is 0.943. The van der Waals surface area contributed by atoms with Crippen molar-refractivity contribution < 1.29 is 9.47 Å². The Labute approximate surface area is 120 Å². The van der Waals surface area contributed by atoms with Crippen LogP contribution in [0, 0.1) is 0 Å². The SMILES string of the molecule is COc1ccc2c(c1)CCCC2(CN)N1CCOCC1. The van der Waals surface area contributed by atoms with E-state index in [0.29, 0.717) is 6.54 Å². The zero-order valence-electron chi connectivity index (χ0n) is 12.2. The molecule has 0 amide bonds. The first-order valence-electron chi connectivity index (χ1n) is 7.50. The number of methoxy groups -OCH3 is 1. The van der Waals surface area contributed by atoms with Crippen LogP contribution in [-0.2, 0) is 16.7 Å². The first-order valence-corrected chi connectivity index (χ1v) is 7.50. The number of fused-ring (bicyclic) bond motifs is 1. The number of hydrogen-bond acceptors (Lipinski definition) is 4. The lowest BCUT2D eigenvalue weighted by molar-refractivity contribution is -0.0287. The third-order valence-corrected chi connectivity index (χ3v) is 4.80. The van der Waals surface area contributed by atoms with Crippen molar-refractivity contribution in [2.45, 2.75) is 24.8 Å². The number of nitrogens with zero attached hydrogens (tertiary/aromatic N) is 1. The van der Waals surface area contributed by atoms with E-state index in [1.807, 2.05) is 0 Å². The molecule has 2 N–H and O–H groups in total. The van der Waals surface area contributed by atoms with Gasteiger partial charge in [0.1, 0.15) is 5.75 Å². The second-order valence-corrected chi connectivity index (χ2v) is 5.71. The predicted octanol–water partition coefficient (Wildman–Crippen LogP) is 1.52. The highest BCUT2D eigenvalue weighted by molar-refractivity contribution is 5.42. The van der Waals surface area contributed by atoms with Gasteiger partial charge >= 0.3 is 0 Å². The normalized spacial score (nSPS) is 27.1. The Morgan fingerprint density at radius 1 is 1.35 bits per heavy atom. The smallest absolute Gasteiger partial charge is 0.119 e. The standard InChI is InChI=1S/C16H24N2O2/c1-19-14-4-5-15-13(11-14)3-2-6-16(15,12-17)18-7-9-20-10-8-18/h4-5,11H,2-3,6-10,12,17H2,1H3. The van der Waals surface area contributed by atoms with Crippen LogP contribution in [0.25, 0.3) is 0 Å². The summed E-state index contributed by atoms with van der Waals surface area (Å²) in [6.45, 7) is 4.25. The van der Waals surface area contributed by atoms with E-state index in [0.717, 1.165) is 44.9 Å². The van der Waals surface area contributed by atoms with Gasteiger partial charge in [-0.2, -0.15) is 0 Å². The molecule has 0 saturated carbocycles. The van der Waals surface area contributed by atoms with Crippen LogP contribution in [0.1, 0.15) is 24.0 Å². The molecule has 0 bridgehead atoms. The van der Waals surface area contributed by atoms with Crippen LogP contribution in [-0.4, -0.2) is 44.9 Å². The Kier molecular flexibility index (Phi) is 3.96. The Morgan fingerprint density at radius 2 is 2.15 bits per heavy atom. The van der Waals surface area contributed by atoms with Gasteiger partial charge in [-0.25, -0.2) is 0 Å². The lowest BCUT2D eigenvalue weighted by atomic mass is 9.75. The van der Waals surface area contributed by atoms with E-state index in [2.05, 4.69) is 23.1 Å². The van der Waals surface area contributed by atoms with E-state index < -0.39 is 0 Å². The molecule has 1 aliphatic heterocycles. The number of rotatable bonds is 3. The Balaban J connectivity index is 2.00. The molecule has 0 aromatic heterocycles. The first-order chi connectivity index (χ1) is 9.80. The van der Waals surface area contributed by atoms with Crippen LogP contribution in [0.15, 0.2) is 18.2 Å². The molecular formula is C16H24N2O2. The zero-order valence-corrected chi connectivity index (χ0v) is 12.2. The first kappa shape index (κ1) is 13.9. The minimum atomic E-state index is -0.0103. The minimum absolute atomic E-state index is 0.0103. The average molecular weight is 276 g/mol. The molecule has 1 aromatic carbocycles. The van der Waals surface area contributed by atoms with E-state index in [9.17, 15) is 0 Å². The van der Waals surface area contributed by atoms with Gasteiger partial charge in [0.25, 0.3) is 0 Å². The maximum atomic E-state index is 6.24. The Morgan fingerprint density at radius 3 is 2.85 bits per heavy atom. The summed E-state index contributed by atoms with van der Waals surface area (Å²) in [4.78, 5) is 2.53. The maximum absolute atomic E-state index is 6.24. The minimum Gasteiger partial charge on any atom is -0.497 e. The predicted molar refractivity (Wildman–Crippen MR) is 79.1 cm³/mol. The molecule has 4 heteroatoms. The molecule has 0 radical (unpaired) electrons. The van der Waals surface area contributed by atoms with E-state index in [4.69, 9.17) is 15.2 Å². The van der Waals surface area contributed by atoms with Gasteiger partial charge in [0, 0.05) is 19.6 Å². The number of benzene rings is 1. The van der Waals surface area contributed by atoms with Gasteiger partial charge in [-0.05, 0) is 42.5 Å². The molecule has 0 spiro atoms. The summed E-state index contributed by atoms with van der Waals surface area (Å²) < 4.78 is 10.9. The van der Waals surface area contributed by atoms with Crippen LogP contribution in [0.2, 0.25) is 0 Å². The molecular weight excluding hydrogens is 252 g/mol. The quantitative estimate of drug-likeness (QED) is 0.909. The van der Waals surface area contributed by atoms with Crippen molar-refractivity contribution in [2.24, 2.45) is 5.73 Å². The van der Waals surface area contributed by atoms with E-state index in [-0.39, 0.29) is 5.54 Å². The van der Waals surface area contributed by atoms with Crippen molar-refractivity contribution in [2.75, 3.05) is 40.0 Å². The van der Waals surface area contributed by atoms with Crippen molar-refractivity contribution in [1.29, 1.82) is 0 Å². The third kappa shape index (κ3) is 2.22. The molecule has 1 saturated heterocycles. The highest BCUT2D eigenvalue weighted by atomic mass is 16.5. The van der Waals surface area contributed by atoms with Crippen molar-refractivity contribution in [3.05, 3.63) is 29.3 Å². The summed E-state index contributed by atoms with van der Waals surface area (Å²) in [5, 5.41) is 0. The molecule has 1 atom stereocenters. The molecule has 20 heavy (non-hydrogen) atoms. The van der Waals surface area contributed by atoms with Crippen molar-refractivity contribution >= 4 is 0 Å². The number of morpholine rings is 1. The van der Waals surface area contributed by atoms with Crippen LogP contribution >= 0.6 is 0 Å². The number of ether oxygens (including phenoxy) is 2. The summed E-state index contributed by atoms with van der Waals surface area (Å²) in [5.41, 5.74) is 9.02. The van der Waals surface area contributed by atoms with Gasteiger partial charge in [-0.15, -0.1) is 0 Å². The van der Waals surface area contributed by atoms with Crippen molar-refractivity contribution in [3.63, 3.8) is 0 Å². The van der Waals surface area contributed by atoms with Crippen LogP contribution in [0.4, 0.5) is 0 Å². The van der Waals surface area contributed by atoms with Gasteiger partial charge < -0.3 is 15.2 Å². The maximum Gasteiger partial charge on any atom is 0.119 e. The molecule has 1 fully saturated rings. The largest absolute Gasteiger partial charge is 0.497 e. The van der Waals surface area contributed by atoms with Gasteiger partial charge in [-0.3, -0.25) is 4.90 Å². The fraction of sp³-hybridized carbons (Fsp3) is 0.625. The summed E-state index contributed by atoms with van der Waals surface area (Å²) in [7, 11) is 1.72. The number of aryl methyl sites for hydroxylation is 1. The van der Waals surface area contributed by atoms with Crippen LogP contribution < -0.4 is 10.5 Å². The topological polar surface area (TPSA) is 47.7 Å². The van der Waals surface area contributed by atoms with Crippen LogP contribution in [0.3, 0.4) is 0 Å². The Hall–Kier alpha value is -1.10. The fourth-order valence-corrected chi connectivity index (χ4v) is 3.72. The van der Waals surface area contributed by atoms with Gasteiger partial charge in [0.15, 0.2) is 0 Å². The number of nitrogens with two attached hydrogens (primary N) is 1. The number of hydrogen-bond donors (Lipinski definition) is 1. The molecule has 3 rings (SSSR count). The van der Waals surface area contributed by atoms with E-state index in [1.165, 1.54) is 17.5 Å². The summed E-state index contributed by atoms with van der Waals surface area (Å²) in [6.07, 6.45) is 3.45. The van der Waals surface area contributed by atoms with Gasteiger partial charge in [0.05, 0.1) is 25.9 Å². The molecule has 4 nitrogen and oxygen atoms in total. The second kappa shape index (κ2) is 5.72. The summed E-state index contributed by atoms with van der Waals surface area (Å²) >= 11 is 0. The zero-order chi connectivity index (χ0) is 14.0. The third-order valence-electron chi connectivity index (χ3n) is 4.80. The van der Waals surface area contributed by atoms with Gasteiger partial charge in [-0.1, -0.05) is 6.07 Å². The van der Waals surface area contributed by atoms with E-state index >= 15 is 0 Å². The highest BCUT2D eigenvalue weighted by Crippen LogP contribution is 2.41. The monoisotopic (exact) mass is 276 g/mol. The fourth-order valence-electron chi connectivity index (χ4n) is 3.72. The van der Waals surface area contributed by atoms with Gasteiger partial charge in [0.2, 0.25) is 0 Å². The lowest BCUT2D eigenvalue weighted by Gasteiger charge is -2.48. The molecule has 1 unspecified atom stereocenters. The Bertz CT molecular complexity index is 472. The van der Waals surface area contributed by atoms with Crippen molar-refractivity contribution in [1.82, 2.24) is 4.90 Å². The molecule has 1 heterocycles. The van der Waals surface area contributed by atoms with E-state index in [1.54, 1.807) is 7.11 Å². The highest BCUT2D eigenvalue weighted by Gasteiger charge is 2.41. The lowest BCUT2D eigenvalue weighted by Crippen LogP contribution is -2.56. The molecule has 1 aromatic rings. The second-order valence-electron chi connectivity index (χ2n) is 5.71. The van der Waals surface area contributed by atoms with Crippen molar-refractivity contribution in [3.8, 4) is 5.75 Å². The molecule has 110 valence electrons. The summed E-state index contributed by atoms with van der Waals surface area (Å²) in [6, 6.07) is 6.46. The average Bonchev–Trinajstić information content (AvgIpc) is 2.54.